The van der Waals surface area contributed by atoms with Crippen LogP contribution in [-0.4, -0.2) is 29.9 Å². The summed E-state index contributed by atoms with van der Waals surface area (Å²) < 4.78 is 0. The van der Waals surface area contributed by atoms with Gasteiger partial charge in [-0.3, -0.25) is 4.79 Å². The number of rotatable bonds is 3. The van der Waals surface area contributed by atoms with Crippen LogP contribution in [0.2, 0.25) is 0 Å². The summed E-state index contributed by atoms with van der Waals surface area (Å²) >= 11 is 0. The largest absolute Gasteiger partial charge is 0.341 e. The second-order valence-corrected chi connectivity index (χ2v) is 5.76. The summed E-state index contributed by atoms with van der Waals surface area (Å²) in [7, 11) is 0. The Bertz CT molecular complexity index is 240. The smallest absolute Gasteiger partial charge is 0.239 e. The Morgan fingerprint density at radius 2 is 2.00 bits per heavy atom. The molecule has 16 heavy (non-hydrogen) atoms. The fourth-order valence-corrected chi connectivity index (χ4v) is 2.31. The highest BCUT2D eigenvalue weighted by molar-refractivity contribution is 5.81. The average molecular weight is 226 g/mol. The Morgan fingerprint density at radius 3 is 2.50 bits per heavy atom. The summed E-state index contributed by atoms with van der Waals surface area (Å²) in [4.78, 5) is 14.0. The third-order valence-electron chi connectivity index (χ3n) is 3.69. The number of likely N-dealkylation sites (tertiary alicyclic amines) is 1. The summed E-state index contributed by atoms with van der Waals surface area (Å²) in [6.07, 6.45) is 1.90. The van der Waals surface area contributed by atoms with Crippen molar-refractivity contribution in [3.05, 3.63) is 0 Å². The van der Waals surface area contributed by atoms with Gasteiger partial charge in [-0.05, 0) is 30.6 Å². The molecular weight excluding hydrogens is 200 g/mol. The van der Waals surface area contributed by atoms with E-state index in [9.17, 15) is 4.79 Å². The van der Waals surface area contributed by atoms with Gasteiger partial charge in [0, 0.05) is 13.1 Å². The van der Waals surface area contributed by atoms with Gasteiger partial charge in [0.25, 0.3) is 0 Å². The van der Waals surface area contributed by atoms with Crippen molar-refractivity contribution in [1.82, 2.24) is 4.90 Å². The molecule has 1 heterocycles. The molecule has 0 aliphatic carbocycles. The molecule has 1 rings (SSSR count). The van der Waals surface area contributed by atoms with Gasteiger partial charge in [-0.15, -0.1) is 0 Å². The van der Waals surface area contributed by atoms with Crippen molar-refractivity contribution in [3.8, 4) is 0 Å². The number of amides is 1. The maximum absolute atomic E-state index is 12.1. The van der Waals surface area contributed by atoms with E-state index >= 15 is 0 Å². The Labute approximate surface area is 99.4 Å². The predicted molar refractivity (Wildman–Crippen MR) is 67.0 cm³/mol. The van der Waals surface area contributed by atoms with Crippen molar-refractivity contribution < 1.29 is 4.79 Å². The van der Waals surface area contributed by atoms with E-state index in [2.05, 4.69) is 27.7 Å². The van der Waals surface area contributed by atoms with Gasteiger partial charge in [0.15, 0.2) is 0 Å². The molecule has 1 saturated heterocycles. The van der Waals surface area contributed by atoms with Crippen molar-refractivity contribution in [2.75, 3.05) is 13.1 Å². The zero-order valence-electron chi connectivity index (χ0n) is 11.1. The van der Waals surface area contributed by atoms with Gasteiger partial charge >= 0.3 is 0 Å². The number of hydrogen-bond acceptors (Lipinski definition) is 2. The molecule has 1 aliphatic heterocycles. The molecule has 0 bridgehead atoms. The molecule has 0 radical (unpaired) electrons. The van der Waals surface area contributed by atoms with Crippen LogP contribution in [0.5, 0.6) is 0 Å². The van der Waals surface area contributed by atoms with E-state index < -0.39 is 0 Å². The van der Waals surface area contributed by atoms with Crippen molar-refractivity contribution in [3.63, 3.8) is 0 Å². The molecule has 0 saturated carbocycles. The van der Waals surface area contributed by atoms with E-state index in [1.54, 1.807) is 0 Å². The second kappa shape index (κ2) is 5.67. The van der Waals surface area contributed by atoms with Gasteiger partial charge in [-0.1, -0.05) is 27.7 Å². The molecule has 3 atom stereocenters. The molecule has 2 unspecified atom stereocenters. The predicted octanol–water partition coefficient (Wildman–Crippen LogP) is 1.86. The SMILES string of the molecule is CC(C)C[C@@H](N)C(=O)N1CCC(C)C(C)C1. The monoisotopic (exact) mass is 226 g/mol. The van der Waals surface area contributed by atoms with Crippen LogP contribution in [0.25, 0.3) is 0 Å². The Balaban J connectivity index is 2.48. The lowest BCUT2D eigenvalue weighted by molar-refractivity contribution is -0.135. The molecule has 0 spiro atoms. The maximum atomic E-state index is 12.1. The zero-order chi connectivity index (χ0) is 12.3. The third-order valence-corrected chi connectivity index (χ3v) is 3.69. The van der Waals surface area contributed by atoms with Crippen molar-refractivity contribution in [2.24, 2.45) is 23.5 Å². The van der Waals surface area contributed by atoms with Gasteiger partial charge in [0.2, 0.25) is 5.91 Å². The average Bonchev–Trinajstić information content (AvgIpc) is 2.20. The first-order valence-electron chi connectivity index (χ1n) is 6.46. The number of carbonyl (C=O) groups excluding carboxylic acids is 1. The number of nitrogens with two attached hydrogens (primary N) is 1. The first kappa shape index (κ1) is 13.5. The minimum atomic E-state index is -0.305. The van der Waals surface area contributed by atoms with Crippen LogP contribution in [0, 0.1) is 17.8 Å². The molecule has 94 valence electrons. The lowest BCUT2D eigenvalue weighted by atomic mass is 9.88. The number of hydrogen-bond donors (Lipinski definition) is 1. The van der Waals surface area contributed by atoms with Crippen LogP contribution >= 0.6 is 0 Å². The Kier molecular flexibility index (Phi) is 4.78. The van der Waals surface area contributed by atoms with Crippen LogP contribution in [0.15, 0.2) is 0 Å². The lowest BCUT2D eigenvalue weighted by Gasteiger charge is -2.36. The lowest BCUT2D eigenvalue weighted by Crippen LogP contribution is -2.49. The van der Waals surface area contributed by atoms with E-state index in [0.717, 1.165) is 31.8 Å². The molecule has 0 aromatic heterocycles. The molecule has 3 heteroatoms. The van der Waals surface area contributed by atoms with Crippen LogP contribution < -0.4 is 5.73 Å². The van der Waals surface area contributed by atoms with Crippen molar-refractivity contribution in [1.29, 1.82) is 0 Å². The van der Waals surface area contributed by atoms with Crippen LogP contribution in [0.1, 0.15) is 40.5 Å². The zero-order valence-corrected chi connectivity index (χ0v) is 11.1. The normalized spacial score (nSPS) is 28.2. The van der Waals surface area contributed by atoms with E-state index in [0.29, 0.717) is 11.8 Å². The Hall–Kier alpha value is -0.570. The minimum absolute atomic E-state index is 0.146. The Morgan fingerprint density at radius 1 is 1.38 bits per heavy atom. The number of carbonyl (C=O) groups is 1. The summed E-state index contributed by atoms with van der Waals surface area (Å²) in [6, 6.07) is -0.305. The first-order chi connectivity index (χ1) is 7.41. The van der Waals surface area contributed by atoms with E-state index in [1.165, 1.54) is 0 Å². The van der Waals surface area contributed by atoms with Gasteiger partial charge in [0.1, 0.15) is 0 Å². The molecular formula is C13H26N2O. The standard InChI is InChI=1S/C13H26N2O/c1-9(2)7-12(14)13(16)15-6-5-10(3)11(4)8-15/h9-12H,5-8,14H2,1-4H3/t10?,11?,12-/m1/s1. The van der Waals surface area contributed by atoms with E-state index in [4.69, 9.17) is 5.73 Å². The van der Waals surface area contributed by atoms with Gasteiger partial charge < -0.3 is 10.6 Å². The molecule has 0 aromatic carbocycles. The van der Waals surface area contributed by atoms with Gasteiger partial charge in [-0.25, -0.2) is 0 Å². The highest BCUT2D eigenvalue weighted by Crippen LogP contribution is 2.23. The minimum Gasteiger partial charge on any atom is -0.341 e. The fraction of sp³-hybridized carbons (Fsp3) is 0.923. The molecule has 3 nitrogen and oxygen atoms in total. The summed E-state index contributed by atoms with van der Waals surface area (Å²) in [5.74, 6) is 1.96. The third kappa shape index (κ3) is 3.48. The van der Waals surface area contributed by atoms with Crippen LogP contribution in [0.4, 0.5) is 0 Å². The van der Waals surface area contributed by atoms with Gasteiger partial charge in [-0.2, -0.15) is 0 Å². The number of piperidine rings is 1. The fourth-order valence-electron chi connectivity index (χ4n) is 2.31. The van der Waals surface area contributed by atoms with Crippen molar-refractivity contribution in [2.45, 2.75) is 46.6 Å². The second-order valence-electron chi connectivity index (χ2n) is 5.76. The molecule has 1 amide bonds. The summed E-state index contributed by atoms with van der Waals surface area (Å²) in [5, 5.41) is 0. The highest BCUT2D eigenvalue weighted by Gasteiger charge is 2.28. The topological polar surface area (TPSA) is 46.3 Å². The first-order valence-corrected chi connectivity index (χ1v) is 6.46. The van der Waals surface area contributed by atoms with Crippen LogP contribution in [0.3, 0.4) is 0 Å². The van der Waals surface area contributed by atoms with Crippen LogP contribution in [-0.2, 0) is 4.79 Å². The highest BCUT2D eigenvalue weighted by atomic mass is 16.2. The maximum Gasteiger partial charge on any atom is 0.239 e. The van der Waals surface area contributed by atoms with Gasteiger partial charge in [0.05, 0.1) is 6.04 Å². The van der Waals surface area contributed by atoms with E-state index in [-0.39, 0.29) is 11.9 Å². The molecule has 1 fully saturated rings. The molecule has 0 aromatic rings. The molecule has 1 aliphatic rings. The quantitative estimate of drug-likeness (QED) is 0.798. The van der Waals surface area contributed by atoms with E-state index in [1.807, 2.05) is 4.90 Å². The number of nitrogens with zero attached hydrogens (tertiary/aromatic N) is 1. The molecule has 2 N–H and O–H groups in total. The summed E-state index contributed by atoms with van der Waals surface area (Å²) in [5.41, 5.74) is 5.94. The van der Waals surface area contributed by atoms with Crippen molar-refractivity contribution >= 4 is 5.91 Å². The summed E-state index contributed by atoms with van der Waals surface area (Å²) in [6.45, 7) is 10.5.